The lowest BCUT2D eigenvalue weighted by Crippen LogP contribution is -2.38. The van der Waals surface area contributed by atoms with Gasteiger partial charge in [0.1, 0.15) is 11.6 Å². The Labute approximate surface area is 155 Å². The van der Waals surface area contributed by atoms with Crippen LogP contribution in [0.1, 0.15) is 35.8 Å². The molecule has 4 rings (SSSR count). The van der Waals surface area contributed by atoms with Crippen LogP contribution >= 0.6 is 11.3 Å². The van der Waals surface area contributed by atoms with Gasteiger partial charge in [0.2, 0.25) is 12.2 Å². The van der Waals surface area contributed by atoms with Crippen molar-refractivity contribution >= 4 is 17.2 Å². The average Bonchev–Trinajstić information content (AvgIpc) is 3.16. The van der Waals surface area contributed by atoms with E-state index in [1.54, 1.807) is 11.3 Å². The first kappa shape index (κ1) is 17.5. The number of fused-ring (bicyclic) bond motifs is 1. The summed E-state index contributed by atoms with van der Waals surface area (Å²) in [5, 5.41) is 3.97. The van der Waals surface area contributed by atoms with Gasteiger partial charge in [-0.1, -0.05) is 0 Å². The number of amides is 1. The van der Waals surface area contributed by atoms with Crippen LogP contribution in [0.2, 0.25) is 0 Å². The zero-order valence-corrected chi connectivity index (χ0v) is 15.1. The number of hydrogen-bond donors (Lipinski definition) is 1. The topological polar surface area (TPSA) is 64.8 Å². The SMILES string of the molecule is NC(=O)C1CCN(Cc2cc(F)cc3c2OC(c2ccsc2)OC3)CC1. The van der Waals surface area contributed by atoms with E-state index in [0.717, 1.165) is 42.6 Å². The second-order valence-corrected chi connectivity index (χ2v) is 7.60. The van der Waals surface area contributed by atoms with Crippen LogP contribution < -0.4 is 10.5 Å². The largest absolute Gasteiger partial charge is 0.460 e. The Morgan fingerprint density at radius 2 is 2.15 bits per heavy atom. The molecule has 7 heteroatoms. The summed E-state index contributed by atoms with van der Waals surface area (Å²) in [5.41, 5.74) is 7.92. The molecule has 0 bridgehead atoms. The van der Waals surface area contributed by atoms with Gasteiger partial charge in [-0.15, -0.1) is 0 Å². The highest BCUT2D eigenvalue weighted by molar-refractivity contribution is 7.07. The van der Waals surface area contributed by atoms with Crippen molar-refractivity contribution in [2.75, 3.05) is 13.1 Å². The number of benzene rings is 1. The quantitative estimate of drug-likeness (QED) is 0.890. The number of likely N-dealkylation sites (tertiary alicyclic amines) is 1. The highest BCUT2D eigenvalue weighted by Crippen LogP contribution is 2.37. The zero-order chi connectivity index (χ0) is 18.1. The molecule has 2 N–H and O–H groups in total. The number of piperidine rings is 1. The summed E-state index contributed by atoms with van der Waals surface area (Å²) in [4.78, 5) is 13.5. The van der Waals surface area contributed by atoms with Gasteiger partial charge in [-0.25, -0.2) is 4.39 Å². The van der Waals surface area contributed by atoms with Gasteiger partial charge < -0.3 is 15.2 Å². The van der Waals surface area contributed by atoms with E-state index in [4.69, 9.17) is 15.2 Å². The van der Waals surface area contributed by atoms with E-state index in [-0.39, 0.29) is 17.6 Å². The number of ether oxygens (including phenoxy) is 2. The fraction of sp³-hybridized carbons (Fsp3) is 0.421. The number of rotatable bonds is 4. The molecule has 138 valence electrons. The van der Waals surface area contributed by atoms with Gasteiger partial charge in [0.15, 0.2) is 0 Å². The minimum atomic E-state index is -0.460. The maximum Gasteiger partial charge on any atom is 0.227 e. The molecule has 1 aromatic carbocycles. The van der Waals surface area contributed by atoms with Gasteiger partial charge in [0.25, 0.3) is 0 Å². The van der Waals surface area contributed by atoms with E-state index >= 15 is 0 Å². The first-order valence-corrected chi connectivity index (χ1v) is 9.68. The van der Waals surface area contributed by atoms with Crippen LogP contribution in [0.4, 0.5) is 4.39 Å². The van der Waals surface area contributed by atoms with Crippen LogP contribution in [0, 0.1) is 11.7 Å². The van der Waals surface area contributed by atoms with E-state index in [1.807, 2.05) is 16.8 Å². The number of halogens is 1. The predicted octanol–water partition coefficient (Wildman–Crippen LogP) is 3.19. The normalized spacial score (nSPS) is 21.2. The molecule has 0 aliphatic carbocycles. The van der Waals surface area contributed by atoms with Crippen LogP contribution in [-0.2, 0) is 22.7 Å². The lowest BCUT2D eigenvalue weighted by Gasteiger charge is -2.33. The number of nitrogens with two attached hydrogens (primary N) is 1. The van der Waals surface area contributed by atoms with E-state index in [1.165, 1.54) is 12.1 Å². The van der Waals surface area contributed by atoms with Crippen LogP contribution in [0.25, 0.3) is 0 Å². The Kier molecular flexibility index (Phi) is 4.93. The maximum absolute atomic E-state index is 14.1. The Balaban J connectivity index is 1.52. The molecular formula is C19H21FN2O3S. The minimum Gasteiger partial charge on any atom is -0.460 e. The van der Waals surface area contributed by atoms with Crippen molar-refractivity contribution in [1.82, 2.24) is 4.90 Å². The van der Waals surface area contributed by atoms with E-state index in [9.17, 15) is 9.18 Å². The number of carbonyl (C=O) groups is 1. The van der Waals surface area contributed by atoms with Crippen molar-refractivity contribution in [3.05, 3.63) is 51.5 Å². The van der Waals surface area contributed by atoms with Crippen molar-refractivity contribution < 1.29 is 18.7 Å². The van der Waals surface area contributed by atoms with Crippen molar-refractivity contribution in [3.8, 4) is 5.75 Å². The molecule has 1 unspecified atom stereocenters. The standard InChI is InChI=1S/C19H21FN2O3S/c20-16-7-14(9-22-4-1-12(2-5-22)18(21)23)17-15(8-16)10-24-19(25-17)13-3-6-26-11-13/h3,6-8,11-12,19H,1-2,4-5,9-10H2,(H2,21,23). The molecule has 5 nitrogen and oxygen atoms in total. The molecule has 3 heterocycles. The van der Waals surface area contributed by atoms with Crippen molar-refractivity contribution in [3.63, 3.8) is 0 Å². The minimum absolute atomic E-state index is 0.0553. The van der Waals surface area contributed by atoms with Gasteiger partial charge in [-0.05, 0) is 49.5 Å². The molecular weight excluding hydrogens is 355 g/mol. The van der Waals surface area contributed by atoms with E-state index in [0.29, 0.717) is 18.9 Å². The summed E-state index contributed by atoms with van der Waals surface area (Å²) in [5.74, 6) is 0.144. The molecule has 26 heavy (non-hydrogen) atoms. The first-order chi connectivity index (χ1) is 12.6. The molecule has 1 amide bonds. The number of nitrogens with zero attached hydrogens (tertiary/aromatic N) is 1. The zero-order valence-electron chi connectivity index (χ0n) is 14.3. The van der Waals surface area contributed by atoms with Gasteiger partial charge in [-0.2, -0.15) is 11.3 Å². The number of hydrogen-bond acceptors (Lipinski definition) is 5. The summed E-state index contributed by atoms with van der Waals surface area (Å²) in [6.45, 7) is 2.44. The maximum atomic E-state index is 14.1. The molecule has 1 saturated heterocycles. The molecule has 1 atom stereocenters. The third-order valence-electron chi connectivity index (χ3n) is 5.02. The number of thiophene rings is 1. The van der Waals surface area contributed by atoms with E-state index < -0.39 is 6.29 Å². The molecule has 2 aliphatic rings. The lowest BCUT2D eigenvalue weighted by molar-refractivity contribution is -0.123. The third-order valence-corrected chi connectivity index (χ3v) is 5.72. The van der Waals surface area contributed by atoms with Gasteiger partial charge in [-0.3, -0.25) is 9.69 Å². The highest BCUT2D eigenvalue weighted by atomic mass is 32.1. The van der Waals surface area contributed by atoms with Crippen LogP contribution in [-0.4, -0.2) is 23.9 Å². The Morgan fingerprint density at radius 3 is 2.85 bits per heavy atom. The average molecular weight is 376 g/mol. The smallest absolute Gasteiger partial charge is 0.227 e. The molecule has 0 radical (unpaired) electrons. The summed E-state index contributed by atoms with van der Waals surface area (Å²) in [6, 6.07) is 4.98. The summed E-state index contributed by atoms with van der Waals surface area (Å²) >= 11 is 1.59. The third kappa shape index (κ3) is 3.60. The van der Waals surface area contributed by atoms with Crippen molar-refractivity contribution in [1.29, 1.82) is 0 Å². The first-order valence-electron chi connectivity index (χ1n) is 8.73. The monoisotopic (exact) mass is 376 g/mol. The summed E-state index contributed by atoms with van der Waals surface area (Å²) < 4.78 is 25.9. The molecule has 0 saturated carbocycles. The van der Waals surface area contributed by atoms with Crippen LogP contribution in [0.5, 0.6) is 5.75 Å². The second kappa shape index (κ2) is 7.34. The van der Waals surface area contributed by atoms with E-state index in [2.05, 4.69) is 4.90 Å². The fourth-order valence-corrected chi connectivity index (χ4v) is 4.25. The Bertz CT molecular complexity index is 788. The van der Waals surface area contributed by atoms with Crippen molar-refractivity contribution in [2.45, 2.75) is 32.3 Å². The summed E-state index contributed by atoms with van der Waals surface area (Å²) in [6.07, 6.45) is 1.03. The second-order valence-electron chi connectivity index (χ2n) is 6.82. The molecule has 1 aromatic heterocycles. The Morgan fingerprint density at radius 1 is 1.35 bits per heavy atom. The fourth-order valence-electron chi connectivity index (χ4n) is 3.58. The van der Waals surface area contributed by atoms with Crippen LogP contribution in [0.3, 0.4) is 0 Å². The van der Waals surface area contributed by atoms with Crippen LogP contribution in [0.15, 0.2) is 29.0 Å². The highest BCUT2D eigenvalue weighted by Gasteiger charge is 2.28. The van der Waals surface area contributed by atoms with Gasteiger partial charge >= 0.3 is 0 Å². The predicted molar refractivity (Wildman–Crippen MR) is 96.1 cm³/mol. The lowest BCUT2D eigenvalue weighted by atomic mass is 9.95. The van der Waals surface area contributed by atoms with Gasteiger partial charge in [0, 0.05) is 34.5 Å². The summed E-state index contributed by atoms with van der Waals surface area (Å²) in [7, 11) is 0. The number of carbonyl (C=O) groups excluding carboxylic acids is 1. The molecule has 1 fully saturated rings. The van der Waals surface area contributed by atoms with Crippen molar-refractivity contribution in [2.24, 2.45) is 11.7 Å². The number of primary amides is 1. The Hall–Kier alpha value is -1.96. The van der Waals surface area contributed by atoms with Gasteiger partial charge in [0.05, 0.1) is 6.61 Å². The molecule has 2 aliphatic heterocycles. The molecule has 2 aromatic rings. The molecule has 0 spiro atoms.